The number of para-hydroxylation sites is 1. The van der Waals surface area contributed by atoms with E-state index in [1.807, 2.05) is 36.4 Å². The van der Waals surface area contributed by atoms with Gasteiger partial charge in [-0.1, -0.05) is 30.0 Å². The first kappa shape index (κ1) is 19.3. The average Bonchev–Trinajstić information content (AvgIpc) is 3.09. The third kappa shape index (κ3) is 3.94. The molecule has 0 amide bonds. The molecule has 0 N–H and O–H groups in total. The van der Waals surface area contributed by atoms with Gasteiger partial charge in [0.25, 0.3) is 0 Å². The number of rotatable bonds is 3. The number of nitriles is 1. The van der Waals surface area contributed by atoms with Crippen molar-refractivity contribution in [3.63, 3.8) is 0 Å². The predicted molar refractivity (Wildman–Crippen MR) is 97.4 cm³/mol. The van der Waals surface area contributed by atoms with E-state index in [4.69, 9.17) is 4.74 Å². The first-order valence-corrected chi connectivity index (χ1v) is 8.34. The summed E-state index contributed by atoms with van der Waals surface area (Å²) < 4.78 is 5.77. The molecule has 0 saturated carbocycles. The van der Waals surface area contributed by atoms with Crippen molar-refractivity contribution in [2.24, 2.45) is 9.98 Å². The van der Waals surface area contributed by atoms with Crippen LogP contribution in [0.15, 0.2) is 70.4 Å². The van der Waals surface area contributed by atoms with Crippen LogP contribution in [0, 0.1) is 16.5 Å². The van der Waals surface area contributed by atoms with Gasteiger partial charge in [-0.3, -0.25) is 0 Å². The summed E-state index contributed by atoms with van der Waals surface area (Å²) >= 11 is 1.34. The number of thioether (sulfide) groups is 1. The molecule has 0 radical (unpaired) electrons. The fourth-order valence-corrected chi connectivity index (χ4v) is 3.49. The van der Waals surface area contributed by atoms with E-state index in [9.17, 15) is 10.5 Å². The topological polar surface area (TPSA) is 84.0 Å². The molecule has 2 aromatic carbocycles. The molecule has 0 spiro atoms. The molecule has 0 aliphatic carbocycles. The summed E-state index contributed by atoms with van der Waals surface area (Å²) in [5.41, 5.74) is 1.79. The van der Waals surface area contributed by atoms with Gasteiger partial charge >= 0.3 is 51.4 Å². The molecule has 6 nitrogen and oxygen atoms in total. The van der Waals surface area contributed by atoms with Crippen molar-refractivity contribution in [2.45, 2.75) is 5.37 Å². The zero-order valence-electron chi connectivity index (χ0n) is 13.9. The Morgan fingerprint density at radius 2 is 2.00 bits per heavy atom. The third-order valence-electron chi connectivity index (χ3n) is 3.64. The molecular formula is C18H11KN4O2S. The zero-order chi connectivity index (χ0) is 17.2. The Hall–Kier alpha value is -1.44. The van der Waals surface area contributed by atoms with Gasteiger partial charge in [-0.15, -0.1) is 0 Å². The van der Waals surface area contributed by atoms with Crippen molar-refractivity contribution in [2.75, 3.05) is 0 Å². The molecule has 0 aromatic heterocycles. The smallest absolute Gasteiger partial charge is 0.757 e. The van der Waals surface area contributed by atoms with Crippen molar-refractivity contribution in [1.82, 2.24) is 5.06 Å². The minimum absolute atomic E-state index is 0. The molecule has 2 aromatic rings. The average molecular weight is 386 g/mol. The van der Waals surface area contributed by atoms with E-state index >= 15 is 0 Å². The normalized spacial score (nSPS) is 17.5. The molecule has 0 saturated heterocycles. The second kappa shape index (κ2) is 8.50. The Balaban J connectivity index is 0.00000196. The van der Waals surface area contributed by atoms with Crippen LogP contribution in [0.25, 0.3) is 0 Å². The molecule has 1 atom stereocenters. The Kier molecular flexibility index (Phi) is 6.31. The van der Waals surface area contributed by atoms with Gasteiger partial charge in [0.1, 0.15) is 28.0 Å². The summed E-state index contributed by atoms with van der Waals surface area (Å²) in [5.74, 6) is 1.14. The fraction of sp³-hybridized carbons (Fsp3) is 0.0556. The molecule has 2 heterocycles. The maximum absolute atomic E-state index is 11.8. The number of benzene rings is 2. The molecular weight excluding hydrogens is 375 g/mol. The molecule has 122 valence electrons. The maximum Gasteiger partial charge on any atom is 1.00 e. The predicted octanol–water partition coefficient (Wildman–Crippen LogP) is 0.857. The van der Waals surface area contributed by atoms with E-state index in [0.717, 1.165) is 10.6 Å². The van der Waals surface area contributed by atoms with E-state index in [2.05, 4.69) is 16.1 Å². The van der Waals surface area contributed by atoms with Crippen LogP contribution in [0.1, 0.15) is 11.1 Å². The van der Waals surface area contributed by atoms with Crippen LogP contribution in [0.4, 0.5) is 0 Å². The largest absolute Gasteiger partial charge is 1.00 e. The van der Waals surface area contributed by atoms with E-state index in [1.54, 1.807) is 18.3 Å². The van der Waals surface area contributed by atoms with Crippen LogP contribution in [-0.4, -0.2) is 21.8 Å². The molecule has 4 rings (SSSR count). The first-order chi connectivity index (χ1) is 12.2. The quantitative estimate of drug-likeness (QED) is 0.731. The van der Waals surface area contributed by atoms with Crippen molar-refractivity contribution in [3.05, 3.63) is 76.8 Å². The van der Waals surface area contributed by atoms with Crippen molar-refractivity contribution in [1.29, 1.82) is 5.26 Å². The summed E-state index contributed by atoms with van der Waals surface area (Å²) in [6.45, 7) is 0. The minimum Gasteiger partial charge on any atom is -0.757 e. The van der Waals surface area contributed by atoms with Gasteiger partial charge in [0, 0.05) is 5.56 Å². The second-order valence-electron chi connectivity index (χ2n) is 5.30. The molecule has 26 heavy (non-hydrogen) atoms. The van der Waals surface area contributed by atoms with Gasteiger partial charge in [-0.25, -0.2) is 9.98 Å². The molecule has 2 aliphatic heterocycles. The summed E-state index contributed by atoms with van der Waals surface area (Å²) in [6, 6.07) is 16.7. The number of ether oxygens (including phenoxy) is 1. The van der Waals surface area contributed by atoms with Crippen molar-refractivity contribution >= 4 is 23.1 Å². The molecule has 2 aliphatic rings. The van der Waals surface area contributed by atoms with E-state index in [-0.39, 0.29) is 51.4 Å². The second-order valence-corrected chi connectivity index (χ2v) is 6.37. The fourth-order valence-electron chi connectivity index (χ4n) is 2.46. The Labute approximate surface area is 197 Å². The summed E-state index contributed by atoms with van der Waals surface area (Å²) in [4.78, 5) is 8.31. The first-order valence-electron chi connectivity index (χ1n) is 7.46. The van der Waals surface area contributed by atoms with Gasteiger partial charge < -0.3 is 15.0 Å². The number of hydrogen-bond acceptors (Lipinski definition) is 7. The van der Waals surface area contributed by atoms with Crippen LogP contribution in [-0.2, 0) is 0 Å². The Morgan fingerprint density at radius 3 is 2.73 bits per heavy atom. The van der Waals surface area contributed by atoms with Crippen molar-refractivity contribution in [3.8, 4) is 17.6 Å². The Morgan fingerprint density at radius 1 is 1.19 bits per heavy atom. The van der Waals surface area contributed by atoms with Crippen LogP contribution in [0.5, 0.6) is 11.5 Å². The summed E-state index contributed by atoms with van der Waals surface area (Å²) in [5, 5.41) is 22.3. The molecule has 0 fully saturated rings. The van der Waals surface area contributed by atoms with Crippen LogP contribution in [0.2, 0.25) is 0 Å². The Bertz CT molecular complexity index is 953. The maximum atomic E-state index is 11.8. The van der Waals surface area contributed by atoms with Crippen LogP contribution >= 0.6 is 11.8 Å². The number of hydrogen-bond donors (Lipinski definition) is 0. The molecule has 8 heteroatoms. The van der Waals surface area contributed by atoms with Gasteiger partial charge in [-0.05, 0) is 30.3 Å². The standard InChI is InChI=1S/C18H11N4O2S.K/c19-9-13-8-12(6-7-16(13)24-14-4-2-1-3-5-14)17-21-15-10-20-11-22(23)18(15)25-17;/h1-8,10-11,18H;/q-1;+1. The summed E-state index contributed by atoms with van der Waals surface area (Å²) in [7, 11) is 0. The van der Waals surface area contributed by atoms with Crippen LogP contribution in [0.3, 0.4) is 0 Å². The number of aliphatic imine (C=N–C) groups is 2. The van der Waals surface area contributed by atoms with Crippen LogP contribution < -0.4 is 56.1 Å². The van der Waals surface area contributed by atoms with Crippen molar-refractivity contribution < 1.29 is 56.1 Å². The van der Waals surface area contributed by atoms with E-state index in [0.29, 0.717) is 27.8 Å². The zero-order valence-corrected chi connectivity index (χ0v) is 17.8. The van der Waals surface area contributed by atoms with Gasteiger partial charge in [0.15, 0.2) is 0 Å². The number of fused-ring (bicyclic) bond motifs is 1. The van der Waals surface area contributed by atoms with Gasteiger partial charge in [0.2, 0.25) is 0 Å². The minimum atomic E-state index is -0.418. The van der Waals surface area contributed by atoms with E-state index < -0.39 is 5.37 Å². The monoisotopic (exact) mass is 386 g/mol. The van der Waals surface area contributed by atoms with E-state index in [1.165, 1.54) is 18.1 Å². The van der Waals surface area contributed by atoms with Gasteiger partial charge in [-0.2, -0.15) is 5.26 Å². The van der Waals surface area contributed by atoms with Gasteiger partial charge in [0.05, 0.1) is 23.8 Å². The SMILES string of the molecule is N#Cc1cc(C2=NC3=CN=CN([O-])C3S2)ccc1Oc1ccccc1.[K+]. The molecule has 1 unspecified atom stereocenters. The summed E-state index contributed by atoms with van der Waals surface area (Å²) in [6.07, 6.45) is 2.81. The number of nitrogens with zero attached hydrogens (tertiary/aromatic N) is 4. The third-order valence-corrected chi connectivity index (χ3v) is 4.87. The number of hydroxylamine groups is 2. The molecule has 0 bridgehead atoms.